The molecule has 8 N–H and O–H groups in total. The minimum atomic E-state index is -0.750. The van der Waals surface area contributed by atoms with Gasteiger partial charge in [0, 0.05) is 36.3 Å². The topological polar surface area (TPSA) is 414 Å². The largest absolute Gasteiger partial charge is 1.00 e. The number of hydrogen-bond donors (Lipinski definition) is 4. The molecule has 16 rings (SSSR count). The van der Waals surface area contributed by atoms with Gasteiger partial charge in [0.25, 0.3) is 11.6 Å². The number of anilines is 3. The maximum Gasteiger partial charge on any atom is 1.00 e. The maximum absolute atomic E-state index is 10.1. The summed E-state index contributed by atoms with van der Waals surface area (Å²) in [5.74, 6) is 6.37. The van der Waals surface area contributed by atoms with Crippen LogP contribution in [-0.4, -0.2) is 70.7 Å². The molecule has 5 saturated carbocycles. The fourth-order valence-electron chi connectivity index (χ4n) is 15.6. The van der Waals surface area contributed by atoms with Gasteiger partial charge in [0.05, 0.1) is 52.5 Å². The minimum absolute atomic E-state index is 0. The van der Waals surface area contributed by atoms with Gasteiger partial charge in [0.2, 0.25) is 6.04 Å². The number of azo groups is 1. The molecule has 2 heterocycles. The van der Waals surface area contributed by atoms with Crippen molar-refractivity contribution in [2.24, 2.45) is 33.0 Å². The molecule has 0 aliphatic heterocycles. The van der Waals surface area contributed by atoms with Crippen molar-refractivity contribution in [1.29, 1.82) is 15.8 Å². The zero-order valence-corrected chi connectivity index (χ0v) is 85.5. The first kappa shape index (κ1) is 117. The van der Waals surface area contributed by atoms with E-state index >= 15 is 0 Å². The Kier molecular flexibility index (Phi) is 56.0. The van der Waals surface area contributed by atoms with Gasteiger partial charge in [-0.2, -0.15) is 54.6 Å². The van der Waals surface area contributed by atoms with E-state index in [9.17, 15) is 20.7 Å². The van der Waals surface area contributed by atoms with Crippen LogP contribution in [0.15, 0.2) is 258 Å². The number of nitriles is 3. The van der Waals surface area contributed by atoms with Gasteiger partial charge in [0.15, 0.2) is 5.54 Å². The second-order valence-corrected chi connectivity index (χ2v) is 34.4. The molecule has 30 heteroatoms. The van der Waals surface area contributed by atoms with Crippen molar-refractivity contribution in [3.8, 4) is 58.3 Å². The van der Waals surface area contributed by atoms with E-state index in [-0.39, 0.29) is 88.7 Å². The number of rotatable bonds is 23. The molecule has 11 aromatic rings. The molecule has 2 unspecified atom stereocenters. The summed E-state index contributed by atoms with van der Waals surface area (Å²) >= 11 is 2.89. The van der Waals surface area contributed by atoms with Crippen LogP contribution >= 0.6 is 15.9 Å². The molecule has 2 aromatic heterocycles. The predicted molar refractivity (Wildman–Crippen MR) is 528 cm³/mol. The summed E-state index contributed by atoms with van der Waals surface area (Å²) in [7, 11) is 0. The maximum atomic E-state index is 10.1. The summed E-state index contributed by atoms with van der Waals surface area (Å²) in [4.78, 5) is 47.7. The zero-order valence-electron chi connectivity index (χ0n) is 79.9. The van der Waals surface area contributed by atoms with E-state index in [1.165, 1.54) is 77.0 Å². The van der Waals surface area contributed by atoms with Crippen LogP contribution in [0.3, 0.4) is 0 Å². The average Bonchev–Trinajstić information content (AvgIpc) is 1.64. The number of halogens is 1. The fraction of sp³-hybridized carbons (Fsp3) is 0.361. The average molecular weight is 1950 g/mol. The van der Waals surface area contributed by atoms with E-state index in [2.05, 4.69) is 75.1 Å². The van der Waals surface area contributed by atoms with Crippen molar-refractivity contribution in [2.45, 2.75) is 225 Å². The minimum Gasteiger partial charge on any atom is -0.870 e. The van der Waals surface area contributed by atoms with Crippen LogP contribution in [0.2, 0.25) is 0 Å². The Morgan fingerprint density at radius 2 is 0.819 bits per heavy atom. The van der Waals surface area contributed by atoms with E-state index in [0.717, 1.165) is 148 Å². The van der Waals surface area contributed by atoms with Crippen molar-refractivity contribution < 1.29 is 113 Å². The molecule has 0 radical (unpaired) electrons. The number of ether oxygens (including phenoxy) is 4. The summed E-state index contributed by atoms with van der Waals surface area (Å²) in [5, 5.41) is 64.2. The summed E-state index contributed by atoms with van der Waals surface area (Å²) in [6, 6.07) is 84.3. The zero-order chi connectivity index (χ0) is 97.4. The first-order valence-electron chi connectivity index (χ1n) is 45.3. The van der Waals surface area contributed by atoms with Crippen LogP contribution in [0, 0.1) is 71.5 Å². The summed E-state index contributed by atoms with van der Waals surface area (Å²) < 4.78 is 26.2. The van der Waals surface area contributed by atoms with E-state index in [0.29, 0.717) is 85.0 Å². The normalized spacial score (nSPS) is 14.1. The molecule has 27 nitrogen and oxygen atoms in total. The van der Waals surface area contributed by atoms with E-state index in [1.54, 1.807) is 54.4 Å². The summed E-state index contributed by atoms with van der Waals surface area (Å²) in [6.45, 7) is 33.3. The molecule has 5 fully saturated rings. The van der Waals surface area contributed by atoms with Gasteiger partial charge < -0.3 is 66.4 Å². The van der Waals surface area contributed by atoms with Gasteiger partial charge in [-0.1, -0.05) is 258 Å². The molecule has 138 heavy (non-hydrogen) atoms. The number of nitrogens with zero attached hydrogens (tertiary/aromatic N) is 13. The number of phenols is 1. The molecule has 0 bridgehead atoms. The third-order valence-electron chi connectivity index (χ3n) is 22.7. The first-order valence-corrected chi connectivity index (χ1v) is 46.5. The third kappa shape index (κ3) is 42.0. The molecule has 5 aliphatic rings. The Morgan fingerprint density at radius 3 is 1.15 bits per heavy atom. The number of aromatic nitrogens is 4. The quantitative estimate of drug-likeness (QED) is 0.0115. The Hall–Kier alpha value is -12.8. The summed E-state index contributed by atoms with van der Waals surface area (Å²) in [5.41, 5.74) is 28.7. The molecule has 0 amide bonds. The van der Waals surface area contributed by atoms with Crippen LogP contribution in [0.25, 0.3) is 25.9 Å². The van der Waals surface area contributed by atoms with Gasteiger partial charge in [-0.15, -0.1) is 5.60 Å². The van der Waals surface area contributed by atoms with Crippen molar-refractivity contribution in [3.63, 3.8) is 0 Å². The number of phenolic OH excluding ortho intramolecular Hbond substituents is 1. The van der Waals surface area contributed by atoms with Crippen molar-refractivity contribution >= 4 is 68.3 Å². The van der Waals surface area contributed by atoms with Crippen molar-refractivity contribution in [3.05, 3.63) is 316 Å². The molecule has 9 aromatic carbocycles. The Balaban J connectivity index is 0.000000340. The van der Waals surface area contributed by atoms with Crippen LogP contribution in [-0.2, 0) is 52.2 Å². The number of benzene rings is 9. The van der Waals surface area contributed by atoms with Gasteiger partial charge in [-0.05, 0) is 214 Å². The van der Waals surface area contributed by atoms with Crippen molar-refractivity contribution in [1.82, 2.24) is 19.6 Å². The Bertz CT molecular complexity index is 5700. The van der Waals surface area contributed by atoms with Crippen LogP contribution in [0.5, 0.6) is 28.7 Å². The number of aliphatic imine (C=N–C) groups is 1. The SMILES string of the molecule is CC(C#N)(N=Nc1ccc(OCc2ccccc2)cc1)C1CCCC1.CC(C)(C)[O-].N#CC(=NCc1ccc(OCc2ccccc2)cc1)C1CCCC1.N#CCBr.Nc1ccc(OCc2ccccc2)cc1.O=C=O.O=C=O.[C-]#[N+]C(C)C1CCCC1.[C-]#[N+]c1c(N)c(C2CCCC2)nn1-c1ccc(O)cc1.[C-]#[N+]c1c(N)c(C2CCCC2)nn1-c1ccc(OCc2ccccc2)cc1.[Na+].[Na+].[OH-]. The number of nitrogen functional groups attached to an aromatic ring is 3. The summed E-state index contributed by atoms with van der Waals surface area (Å²) in [6.07, 6.45) is 24.2. The van der Waals surface area contributed by atoms with Gasteiger partial charge >= 0.3 is 71.4 Å². The van der Waals surface area contributed by atoms with Crippen LogP contribution in [0.4, 0.5) is 34.4 Å². The van der Waals surface area contributed by atoms with E-state index in [1.807, 2.05) is 226 Å². The molecule has 0 spiro atoms. The number of alkyl halides is 1. The molecule has 5 aliphatic carbocycles. The fourth-order valence-corrected chi connectivity index (χ4v) is 15.6. The molecular weight excluding hydrogens is 1820 g/mol. The molecular formula is C108H121BrN16Na2O11. The second kappa shape index (κ2) is 65.8. The van der Waals surface area contributed by atoms with E-state index < -0.39 is 11.1 Å². The Labute approximate surface area is 864 Å². The molecule has 0 saturated heterocycles. The smallest absolute Gasteiger partial charge is 0.870 e. The van der Waals surface area contributed by atoms with E-state index in [4.69, 9.17) is 85.4 Å². The first-order chi connectivity index (χ1) is 65.4. The monoisotopic (exact) mass is 1940 g/mol. The number of hydrogen-bond acceptors (Lipinski definition) is 22. The molecule has 2 atom stereocenters. The number of carbonyl (C=O) groups excluding carboxylic acids is 4. The van der Waals surface area contributed by atoms with Gasteiger partial charge in [-0.25, -0.2) is 6.57 Å². The van der Waals surface area contributed by atoms with Crippen LogP contribution in [0.1, 0.15) is 214 Å². The number of aromatic hydroxyl groups is 1. The standard InChI is InChI=1S/C22H22N4O.C21H23N3O.C21H22N2O.C15H16N4O.C13H13NO.C8H13N.C4H9O.C2H2BrN.2CO2.2Na.H2O/c1-24-22-20(23)21(17-9-5-6-10-17)25-26(22)18-11-13-19(14-12-18)27-15-16-7-3-2-4-8-16;1-21(16-22,18-9-5-6-10-18)24-23-19-11-13-20(14-12-19)25-15-17-7-3-2-4-8-17;22-14-21(19-8-4-5-9-19)23-15-17-10-12-20(13-11-17)24-16-18-6-2-1-3-7-18;1-17-15-13(16)14(10-4-2-3-5-10)18-19(15)11-6-8-12(20)9-7-11;14-12-6-8-13(9-7-12)15-10-11-4-2-1-3-5-11;1-7(9-2)8-5-3-4-6-8;1-4(2,3)5;3-1-2-4;2*2-1-3;;;/h2-4,7-8,11-14,17H,5-6,9-10,15,23H2;2-4,7-8,11-14,18H,5-6,9-10,15H2,1H3;1-3,6-7,10-13,19H,4-5,8-9,15-16H2;6-10,20H,2-5,16H2;1-9H,10,14H2;7-8H,3-6H2,1H3;1-3H3;1H2;;;;;1H2/q;;;;;;-1;;;;2*+1;/p-1. The predicted octanol–water partition coefficient (Wildman–Crippen LogP) is 18.4. The van der Waals surface area contributed by atoms with Crippen molar-refractivity contribution in [2.75, 3.05) is 22.5 Å². The van der Waals surface area contributed by atoms with Gasteiger partial charge in [-0.3, -0.25) is 4.99 Å². The second-order valence-electron chi connectivity index (χ2n) is 33.8. The third-order valence-corrected chi connectivity index (χ3v) is 23.0. The van der Waals surface area contributed by atoms with Gasteiger partial charge in [0.1, 0.15) is 78.3 Å². The Morgan fingerprint density at radius 1 is 0.500 bits per heavy atom. The number of nitrogens with two attached hydrogens (primary N) is 3. The van der Waals surface area contributed by atoms with Crippen LogP contribution < -0.4 is 100 Å². The molecule has 708 valence electrons.